The van der Waals surface area contributed by atoms with Gasteiger partial charge in [-0.2, -0.15) is 9.04 Å². The first-order valence-electron chi connectivity index (χ1n) is 8.00. The number of carbonyl (C=O) groups excluding carboxylic acids is 1. The van der Waals surface area contributed by atoms with Crippen molar-refractivity contribution in [3.05, 3.63) is 65.1 Å². The van der Waals surface area contributed by atoms with E-state index < -0.39 is 16.0 Å². The number of hydrogen-bond donors (Lipinski definition) is 0. The van der Waals surface area contributed by atoms with E-state index in [1.807, 2.05) is 0 Å². The van der Waals surface area contributed by atoms with Crippen LogP contribution in [0.25, 0.3) is 0 Å². The lowest BCUT2D eigenvalue weighted by Gasteiger charge is -2.26. The van der Waals surface area contributed by atoms with E-state index in [-0.39, 0.29) is 17.2 Å². The lowest BCUT2D eigenvalue weighted by molar-refractivity contribution is -0.608. The van der Waals surface area contributed by atoms with Crippen molar-refractivity contribution in [3.8, 4) is 0 Å². The fraction of sp³-hybridized carbons (Fsp3) is 0.294. The normalized spacial score (nSPS) is 15.5. The fourth-order valence-electron chi connectivity index (χ4n) is 2.54. The van der Waals surface area contributed by atoms with Crippen molar-refractivity contribution in [3.63, 3.8) is 0 Å². The molecule has 1 aromatic heterocycles. The SMILES string of the molecule is O=C(OCc1cccc(S(=O)(=O)N2CCOCC2)c1)c1cccc[n+]1[O-]. The summed E-state index contributed by atoms with van der Waals surface area (Å²) in [7, 11) is -3.62. The zero-order valence-electron chi connectivity index (χ0n) is 13.9. The van der Waals surface area contributed by atoms with E-state index in [1.54, 1.807) is 18.2 Å². The van der Waals surface area contributed by atoms with E-state index >= 15 is 0 Å². The Morgan fingerprint density at radius 1 is 1.19 bits per heavy atom. The van der Waals surface area contributed by atoms with E-state index in [9.17, 15) is 18.4 Å². The summed E-state index contributed by atoms with van der Waals surface area (Å²) in [5, 5.41) is 11.6. The number of ether oxygens (including phenoxy) is 2. The smallest absolute Gasteiger partial charge is 0.405 e. The Hall–Kier alpha value is -2.49. The first-order chi connectivity index (χ1) is 12.5. The van der Waals surface area contributed by atoms with Gasteiger partial charge >= 0.3 is 11.7 Å². The van der Waals surface area contributed by atoms with Crippen molar-refractivity contribution >= 4 is 16.0 Å². The minimum atomic E-state index is -3.62. The molecule has 0 bridgehead atoms. The molecule has 2 heterocycles. The molecule has 1 aliphatic rings. The Balaban J connectivity index is 1.71. The predicted octanol–water partition coefficient (Wildman–Crippen LogP) is 0.698. The molecule has 0 amide bonds. The van der Waals surface area contributed by atoms with Gasteiger partial charge in [-0.15, -0.1) is 0 Å². The van der Waals surface area contributed by atoms with Crippen LogP contribution in [-0.2, 0) is 26.1 Å². The Kier molecular flexibility index (Phi) is 5.50. The molecule has 1 fully saturated rings. The van der Waals surface area contributed by atoms with Crippen molar-refractivity contribution in [2.24, 2.45) is 0 Å². The molecule has 0 aliphatic carbocycles. The number of sulfonamides is 1. The van der Waals surface area contributed by atoms with Crippen molar-refractivity contribution in [2.45, 2.75) is 11.5 Å². The number of nitrogens with zero attached hydrogens (tertiary/aromatic N) is 2. The lowest BCUT2D eigenvalue weighted by atomic mass is 10.2. The summed E-state index contributed by atoms with van der Waals surface area (Å²) in [4.78, 5) is 12.1. The molecular formula is C17H18N2O6S. The molecule has 0 N–H and O–H groups in total. The topological polar surface area (TPSA) is 99.9 Å². The first kappa shape index (κ1) is 18.3. The molecule has 8 nitrogen and oxygen atoms in total. The highest BCUT2D eigenvalue weighted by atomic mass is 32.2. The second-order valence-corrected chi connectivity index (χ2v) is 7.59. The van der Waals surface area contributed by atoms with Gasteiger partial charge in [0.15, 0.2) is 6.20 Å². The van der Waals surface area contributed by atoms with Crippen LogP contribution in [0, 0.1) is 5.21 Å². The minimum Gasteiger partial charge on any atom is -0.618 e. The van der Waals surface area contributed by atoms with E-state index in [1.165, 1.54) is 34.8 Å². The van der Waals surface area contributed by atoms with Gasteiger partial charge in [-0.25, -0.2) is 13.2 Å². The van der Waals surface area contributed by atoms with Crippen LogP contribution in [-0.4, -0.2) is 45.0 Å². The fourth-order valence-corrected chi connectivity index (χ4v) is 4.02. The van der Waals surface area contributed by atoms with Gasteiger partial charge in [-0.3, -0.25) is 0 Å². The van der Waals surface area contributed by atoms with Gasteiger partial charge in [-0.1, -0.05) is 12.1 Å². The molecule has 3 rings (SSSR count). The van der Waals surface area contributed by atoms with Gasteiger partial charge in [0.1, 0.15) is 6.61 Å². The van der Waals surface area contributed by atoms with Crippen LogP contribution in [0.15, 0.2) is 53.6 Å². The van der Waals surface area contributed by atoms with Gasteiger partial charge in [0.25, 0.3) is 0 Å². The highest BCUT2D eigenvalue weighted by molar-refractivity contribution is 7.89. The van der Waals surface area contributed by atoms with Crippen molar-refractivity contribution < 1.29 is 27.4 Å². The van der Waals surface area contributed by atoms with Crippen LogP contribution in [0.5, 0.6) is 0 Å². The molecule has 0 radical (unpaired) electrons. The third kappa shape index (κ3) is 4.01. The number of aromatic nitrogens is 1. The van der Waals surface area contributed by atoms with Gasteiger partial charge in [0, 0.05) is 25.2 Å². The summed E-state index contributed by atoms with van der Waals surface area (Å²) in [5.41, 5.74) is 0.380. The van der Waals surface area contributed by atoms with E-state index in [2.05, 4.69) is 0 Å². The number of benzene rings is 1. The zero-order valence-corrected chi connectivity index (χ0v) is 14.7. The summed E-state index contributed by atoms with van der Waals surface area (Å²) in [6.07, 6.45) is 1.20. The Bertz CT molecular complexity index is 894. The van der Waals surface area contributed by atoms with Crippen LogP contribution in [0.1, 0.15) is 16.1 Å². The van der Waals surface area contributed by atoms with Crippen LogP contribution >= 0.6 is 0 Å². The summed E-state index contributed by atoms with van der Waals surface area (Å²) >= 11 is 0. The molecule has 0 spiro atoms. The zero-order chi connectivity index (χ0) is 18.6. The number of hydrogen-bond acceptors (Lipinski definition) is 6. The van der Waals surface area contributed by atoms with Crippen LogP contribution < -0.4 is 4.73 Å². The number of esters is 1. The molecular weight excluding hydrogens is 360 g/mol. The minimum absolute atomic E-state index is 0.131. The summed E-state index contributed by atoms with van der Waals surface area (Å²) in [6.45, 7) is 1.20. The van der Waals surface area contributed by atoms with Gasteiger partial charge < -0.3 is 14.7 Å². The Morgan fingerprint density at radius 2 is 1.96 bits per heavy atom. The monoisotopic (exact) mass is 378 g/mol. The summed E-state index contributed by atoms with van der Waals surface area (Å²) in [6, 6.07) is 10.6. The molecule has 2 aromatic rings. The molecule has 0 atom stereocenters. The molecule has 0 unspecified atom stereocenters. The Morgan fingerprint density at radius 3 is 2.69 bits per heavy atom. The second-order valence-electron chi connectivity index (χ2n) is 5.65. The highest BCUT2D eigenvalue weighted by Crippen LogP contribution is 2.19. The molecule has 26 heavy (non-hydrogen) atoms. The van der Waals surface area contributed by atoms with E-state index in [4.69, 9.17) is 9.47 Å². The molecule has 0 saturated carbocycles. The van der Waals surface area contributed by atoms with Crippen LogP contribution in [0.4, 0.5) is 0 Å². The Labute approximate surface area is 151 Å². The number of morpholine rings is 1. The average Bonchev–Trinajstić information content (AvgIpc) is 2.67. The molecule has 1 aromatic carbocycles. The number of rotatable bonds is 5. The maximum atomic E-state index is 12.7. The van der Waals surface area contributed by atoms with Gasteiger partial charge in [-0.05, 0) is 23.8 Å². The quantitative estimate of drug-likeness (QED) is 0.431. The average molecular weight is 378 g/mol. The molecule has 1 aliphatic heterocycles. The largest absolute Gasteiger partial charge is 0.618 e. The van der Waals surface area contributed by atoms with Crippen LogP contribution in [0.3, 0.4) is 0 Å². The van der Waals surface area contributed by atoms with Gasteiger partial charge in [0.05, 0.1) is 18.1 Å². The van der Waals surface area contributed by atoms with E-state index in [0.717, 1.165) is 0 Å². The third-order valence-electron chi connectivity index (χ3n) is 3.91. The summed E-state index contributed by atoms with van der Waals surface area (Å²) < 4.78 is 37.4. The van der Waals surface area contributed by atoms with Crippen LogP contribution in [0.2, 0.25) is 0 Å². The van der Waals surface area contributed by atoms with E-state index in [0.29, 0.717) is 36.6 Å². The maximum Gasteiger partial charge on any atom is 0.405 e. The number of pyridine rings is 1. The highest BCUT2D eigenvalue weighted by Gasteiger charge is 2.26. The van der Waals surface area contributed by atoms with Crippen molar-refractivity contribution in [2.75, 3.05) is 26.3 Å². The standard InChI is InChI=1S/C17H18N2O6S/c20-17(16-6-1-2-7-19(16)21)25-13-14-4-3-5-15(12-14)26(22,23)18-8-10-24-11-9-18/h1-7,12H,8-11,13H2. The first-order valence-corrected chi connectivity index (χ1v) is 9.44. The predicted molar refractivity (Wildman–Crippen MR) is 90.5 cm³/mol. The maximum absolute atomic E-state index is 12.7. The summed E-state index contributed by atoms with van der Waals surface area (Å²) in [5.74, 6) is -0.776. The van der Waals surface area contributed by atoms with Crippen molar-refractivity contribution in [1.82, 2.24) is 4.31 Å². The second kappa shape index (κ2) is 7.81. The van der Waals surface area contributed by atoms with Gasteiger partial charge in [0.2, 0.25) is 10.0 Å². The number of carbonyl (C=O) groups is 1. The third-order valence-corrected chi connectivity index (χ3v) is 5.80. The lowest BCUT2D eigenvalue weighted by Crippen LogP contribution is -2.40. The molecule has 1 saturated heterocycles. The molecule has 138 valence electrons. The van der Waals surface area contributed by atoms with Crippen molar-refractivity contribution in [1.29, 1.82) is 0 Å². The molecule has 9 heteroatoms.